The quantitative estimate of drug-likeness (QED) is 0.416. The molecule has 1 amide bonds. The second-order valence-electron chi connectivity index (χ2n) is 8.13. The Balaban J connectivity index is 1.45. The molecular weight excluding hydrogens is 432 g/mol. The first-order valence-electron chi connectivity index (χ1n) is 10.9. The molecule has 0 unspecified atom stereocenters. The van der Waals surface area contributed by atoms with Gasteiger partial charge in [-0.3, -0.25) is 4.79 Å². The lowest BCUT2D eigenvalue weighted by molar-refractivity contribution is -0.117. The van der Waals surface area contributed by atoms with E-state index in [9.17, 15) is 9.59 Å². The molecule has 5 aromatic rings. The van der Waals surface area contributed by atoms with Gasteiger partial charge in [-0.05, 0) is 29.7 Å². The topological polar surface area (TPSA) is 107 Å². The number of carbonyl (C=O) groups is 1. The fourth-order valence-electron chi connectivity index (χ4n) is 3.79. The van der Waals surface area contributed by atoms with Crippen LogP contribution in [0.4, 0.5) is 5.69 Å². The number of amides is 1. The number of hydrogen-bond acceptors (Lipinski definition) is 6. The molecule has 1 N–H and O–H groups in total. The van der Waals surface area contributed by atoms with E-state index >= 15 is 0 Å². The number of nitrogens with zero attached hydrogens (tertiary/aromatic N) is 5. The van der Waals surface area contributed by atoms with E-state index < -0.39 is 5.69 Å². The third-order valence-corrected chi connectivity index (χ3v) is 5.45. The number of pyridine rings is 1. The minimum absolute atomic E-state index is 0.231. The van der Waals surface area contributed by atoms with Crippen molar-refractivity contribution in [3.05, 3.63) is 89.0 Å². The summed E-state index contributed by atoms with van der Waals surface area (Å²) in [6.07, 6.45) is 1.59. The van der Waals surface area contributed by atoms with Gasteiger partial charge in [0, 0.05) is 17.4 Å². The maximum Gasteiger partial charge on any atom is 0.350 e. The molecule has 2 aromatic carbocycles. The number of carbonyl (C=O) groups excluding carboxylic acids is 1. The van der Waals surface area contributed by atoms with Crippen LogP contribution in [-0.2, 0) is 11.3 Å². The predicted octanol–water partition coefficient (Wildman–Crippen LogP) is 3.98. The molecule has 34 heavy (non-hydrogen) atoms. The van der Waals surface area contributed by atoms with Gasteiger partial charge in [0.1, 0.15) is 6.54 Å². The van der Waals surface area contributed by atoms with Gasteiger partial charge in [0.05, 0.1) is 5.56 Å². The van der Waals surface area contributed by atoms with E-state index in [1.54, 1.807) is 18.3 Å². The second-order valence-corrected chi connectivity index (χ2v) is 8.13. The fraction of sp³-hybridized carbons (Fsp3) is 0.160. The Morgan fingerprint density at radius 1 is 1.03 bits per heavy atom. The summed E-state index contributed by atoms with van der Waals surface area (Å²) < 4.78 is 7.94. The van der Waals surface area contributed by atoms with Crippen molar-refractivity contribution in [3.8, 4) is 22.8 Å². The van der Waals surface area contributed by atoms with Gasteiger partial charge in [0.15, 0.2) is 5.65 Å². The summed E-state index contributed by atoms with van der Waals surface area (Å²) in [6.45, 7) is 3.88. The summed E-state index contributed by atoms with van der Waals surface area (Å²) in [5.74, 6) is 0.566. The largest absolute Gasteiger partial charge is 0.350 e. The minimum Gasteiger partial charge on any atom is -0.333 e. The first-order valence-corrected chi connectivity index (χ1v) is 10.9. The maximum atomic E-state index is 12.9. The normalized spacial score (nSPS) is 11.3. The molecule has 9 heteroatoms. The number of benzene rings is 2. The summed E-state index contributed by atoms with van der Waals surface area (Å²) in [6, 6.07) is 20.5. The molecule has 5 rings (SSSR count). The number of fused-ring (bicyclic) bond motifs is 1. The van der Waals surface area contributed by atoms with Crippen LogP contribution in [0.15, 0.2) is 82.2 Å². The average molecular weight is 454 g/mol. The van der Waals surface area contributed by atoms with Crippen LogP contribution in [0.25, 0.3) is 28.5 Å². The number of nitrogens with one attached hydrogen (secondary N) is 1. The van der Waals surface area contributed by atoms with Gasteiger partial charge < -0.3 is 9.84 Å². The van der Waals surface area contributed by atoms with Crippen LogP contribution in [0, 0.1) is 0 Å². The molecule has 0 atom stereocenters. The van der Waals surface area contributed by atoms with Crippen molar-refractivity contribution in [2.75, 3.05) is 5.32 Å². The lowest BCUT2D eigenvalue weighted by atomic mass is 10.0. The molecule has 3 heterocycles. The van der Waals surface area contributed by atoms with Crippen LogP contribution in [0.2, 0.25) is 0 Å². The molecule has 0 saturated carbocycles. The monoisotopic (exact) mass is 454 g/mol. The Kier molecular flexibility index (Phi) is 5.51. The van der Waals surface area contributed by atoms with E-state index in [2.05, 4.69) is 34.4 Å². The molecule has 0 saturated heterocycles. The van der Waals surface area contributed by atoms with Crippen LogP contribution in [0.3, 0.4) is 0 Å². The van der Waals surface area contributed by atoms with Crippen molar-refractivity contribution in [1.82, 2.24) is 24.3 Å². The van der Waals surface area contributed by atoms with E-state index in [1.165, 1.54) is 4.40 Å². The summed E-state index contributed by atoms with van der Waals surface area (Å²) in [5.41, 5.74) is 2.94. The smallest absolute Gasteiger partial charge is 0.333 e. The highest BCUT2D eigenvalue weighted by Crippen LogP contribution is 2.25. The zero-order valence-electron chi connectivity index (χ0n) is 18.7. The summed E-state index contributed by atoms with van der Waals surface area (Å²) in [4.78, 5) is 30.1. The molecule has 170 valence electrons. The first-order chi connectivity index (χ1) is 16.5. The Labute approximate surface area is 194 Å². The maximum absolute atomic E-state index is 12.9. The lowest BCUT2D eigenvalue weighted by Gasteiger charge is -2.13. The summed E-state index contributed by atoms with van der Waals surface area (Å²) in [5, 5.41) is 11.3. The van der Waals surface area contributed by atoms with Crippen molar-refractivity contribution < 1.29 is 9.32 Å². The molecule has 0 radical (unpaired) electrons. The SMILES string of the molecule is CC(C)c1ccccc1NC(=O)Cn1nc2c(-c3nc(-c4ccccc4)no3)cccn2c1=O. The van der Waals surface area contributed by atoms with Crippen molar-refractivity contribution in [2.24, 2.45) is 0 Å². The Bertz CT molecular complexity index is 1530. The van der Waals surface area contributed by atoms with E-state index in [1.807, 2.05) is 54.6 Å². The van der Waals surface area contributed by atoms with Gasteiger partial charge in [0.2, 0.25) is 11.7 Å². The Morgan fingerprint density at radius 3 is 2.59 bits per heavy atom. The Morgan fingerprint density at radius 2 is 1.79 bits per heavy atom. The van der Waals surface area contributed by atoms with Crippen molar-refractivity contribution in [1.29, 1.82) is 0 Å². The third-order valence-electron chi connectivity index (χ3n) is 5.45. The zero-order valence-corrected chi connectivity index (χ0v) is 18.7. The summed E-state index contributed by atoms with van der Waals surface area (Å²) >= 11 is 0. The molecule has 0 spiro atoms. The van der Waals surface area contributed by atoms with Gasteiger partial charge in [-0.1, -0.05) is 67.5 Å². The number of anilines is 1. The van der Waals surface area contributed by atoms with Gasteiger partial charge in [-0.2, -0.15) is 4.98 Å². The van der Waals surface area contributed by atoms with Crippen LogP contribution in [-0.4, -0.2) is 30.2 Å². The second kappa shape index (κ2) is 8.78. The van der Waals surface area contributed by atoms with E-state index in [0.29, 0.717) is 17.0 Å². The van der Waals surface area contributed by atoms with Gasteiger partial charge in [-0.15, -0.1) is 5.10 Å². The average Bonchev–Trinajstić information content (AvgIpc) is 3.45. The number of para-hydroxylation sites is 1. The number of aromatic nitrogens is 5. The van der Waals surface area contributed by atoms with E-state index in [-0.39, 0.29) is 24.3 Å². The molecule has 3 aromatic heterocycles. The molecule has 0 aliphatic carbocycles. The zero-order chi connectivity index (χ0) is 23.7. The predicted molar refractivity (Wildman–Crippen MR) is 127 cm³/mol. The highest BCUT2D eigenvalue weighted by atomic mass is 16.5. The van der Waals surface area contributed by atoms with Gasteiger partial charge >= 0.3 is 5.69 Å². The molecule has 9 nitrogen and oxygen atoms in total. The fourth-order valence-corrected chi connectivity index (χ4v) is 3.79. The van der Waals surface area contributed by atoms with Crippen molar-refractivity contribution in [2.45, 2.75) is 26.3 Å². The van der Waals surface area contributed by atoms with Gasteiger partial charge in [-0.25, -0.2) is 13.9 Å². The minimum atomic E-state index is -0.438. The van der Waals surface area contributed by atoms with E-state index in [4.69, 9.17) is 4.52 Å². The van der Waals surface area contributed by atoms with Crippen LogP contribution < -0.4 is 11.0 Å². The number of hydrogen-bond donors (Lipinski definition) is 1. The lowest BCUT2D eigenvalue weighted by Crippen LogP contribution is -2.28. The van der Waals surface area contributed by atoms with Crippen LogP contribution in [0.1, 0.15) is 25.3 Å². The van der Waals surface area contributed by atoms with E-state index in [0.717, 1.165) is 21.5 Å². The standard InChI is InChI=1S/C25H22N6O3/c1-16(2)18-11-6-7-13-20(18)26-21(32)15-31-25(33)30-14-8-12-19(23(30)28-31)24-27-22(29-34-24)17-9-4-3-5-10-17/h3-14,16H,15H2,1-2H3,(H,26,32). The van der Waals surface area contributed by atoms with Crippen LogP contribution >= 0.6 is 0 Å². The third kappa shape index (κ3) is 3.99. The molecular formula is C25H22N6O3. The first kappa shape index (κ1) is 21.3. The highest BCUT2D eigenvalue weighted by molar-refractivity contribution is 5.91. The molecule has 0 fully saturated rings. The van der Waals surface area contributed by atoms with Crippen molar-refractivity contribution in [3.63, 3.8) is 0 Å². The molecule has 0 aliphatic heterocycles. The number of rotatable bonds is 6. The van der Waals surface area contributed by atoms with Gasteiger partial charge in [0.25, 0.3) is 5.89 Å². The highest BCUT2D eigenvalue weighted by Gasteiger charge is 2.19. The van der Waals surface area contributed by atoms with Crippen molar-refractivity contribution >= 4 is 17.2 Å². The van der Waals surface area contributed by atoms with Crippen LogP contribution in [0.5, 0.6) is 0 Å². The Hall–Kier alpha value is -4.53. The summed E-state index contributed by atoms with van der Waals surface area (Å²) in [7, 11) is 0. The molecule has 0 aliphatic rings. The molecule has 0 bridgehead atoms.